The van der Waals surface area contributed by atoms with E-state index < -0.39 is 21.7 Å². The van der Waals surface area contributed by atoms with E-state index in [2.05, 4.69) is 11.4 Å². The molecule has 7 heteroatoms. The zero-order valence-electron chi connectivity index (χ0n) is 16.9. The first-order valence-corrected chi connectivity index (χ1v) is 10.9. The van der Waals surface area contributed by atoms with Crippen LogP contribution < -0.4 is 5.32 Å². The first kappa shape index (κ1) is 22.0. The van der Waals surface area contributed by atoms with E-state index in [-0.39, 0.29) is 19.1 Å². The fourth-order valence-corrected chi connectivity index (χ4v) is 3.79. The van der Waals surface area contributed by atoms with Gasteiger partial charge in [-0.15, -0.1) is 0 Å². The monoisotopic (exact) mass is 406 g/mol. The van der Waals surface area contributed by atoms with Gasteiger partial charge in [-0.2, -0.15) is 4.31 Å². The standard InChI is InChI=1S/C21H27FN2O3S/c1-14-10-16(3)20(11-15(14)2)17(4)23-21(25)13-24(28(5,26)27)12-18-6-8-19(22)9-7-18/h6-11,17H,12-13H2,1-5H3,(H,23,25)/t17-/m1/s1. The summed E-state index contributed by atoms with van der Waals surface area (Å²) >= 11 is 0. The molecule has 0 aliphatic heterocycles. The zero-order valence-corrected chi connectivity index (χ0v) is 17.7. The van der Waals surface area contributed by atoms with E-state index in [1.807, 2.05) is 33.8 Å². The molecular formula is C21H27FN2O3S. The topological polar surface area (TPSA) is 66.5 Å². The van der Waals surface area contributed by atoms with Gasteiger partial charge < -0.3 is 5.32 Å². The molecule has 2 aromatic carbocycles. The molecule has 2 rings (SSSR count). The second kappa shape index (κ2) is 8.84. The van der Waals surface area contributed by atoms with E-state index in [0.29, 0.717) is 5.56 Å². The van der Waals surface area contributed by atoms with Crippen LogP contribution in [0.25, 0.3) is 0 Å². The second-order valence-electron chi connectivity index (χ2n) is 7.24. The third-order valence-electron chi connectivity index (χ3n) is 4.79. The summed E-state index contributed by atoms with van der Waals surface area (Å²) in [6.45, 7) is 7.62. The van der Waals surface area contributed by atoms with Crippen molar-refractivity contribution < 1.29 is 17.6 Å². The molecule has 5 nitrogen and oxygen atoms in total. The average Bonchev–Trinajstić information content (AvgIpc) is 2.58. The van der Waals surface area contributed by atoms with Gasteiger partial charge in [0, 0.05) is 6.54 Å². The lowest BCUT2D eigenvalue weighted by Gasteiger charge is -2.22. The summed E-state index contributed by atoms with van der Waals surface area (Å²) < 4.78 is 38.3. The number of hydrogen-bond donors (Lipinski definition) is 1. The summed E-state index contributed by atoms with van der Waals surface area (Å²) in [4.78, 5) is 12.5. The summed E-state index contributed by atoms with van der Waals surface area (Å²) in [5.41, 5.74) is 5.00. The summed E-state index contributed by atoms with van der Waals surface area (Å²) in [5, 5.41) is 2.88. The van der Waals surface area contributed by atoms with Gasteiger partial charge in [0.05, 0.1) is 18.8 Å². The molecule has 0 aliphatic rings. The average molecular weight is 407 g/mol. The van der Waals surface area contributed by atoms with Crippen molar-refractivity contribution in [2.75, 3.05) is 12.8 Å². The van der Waals surface area contributed by atoms with Crippen molar-refractivity contribution in [2.24, 2.45) is 0 Å². The number of nitrogens with zero attached hydrogens (tertiary/aromatic N) is 1. The second-order valence-corrected chi connectivity index (χ2v) is 9.22. The van der Waals surface area contributed by atoms with Crippen LogP contribution in [-0.2, 0) is 21.4 Å². The molecule has 0 radical (unpaired) electrons. The predicted octanol–water partition coefficient (Wildman–Crippen LogP) is 3.39. The Balaban J connectivity index is 2.11. The van der Waals surface area contributed by atoms with Gasteiger partial charge >= 0.3 is 0 Å². The Labute approximate surface area is 166 Å². The molecule has 1 N–H and O–H groups in total. The number of rotatable bonds is 7. The molecule has 0 bridgehead atoms. The minimum Gasteiger partial charge on any atom is -0.348 e. The third kappa shape index (κ3) is 5.87. The molecule has 0 spiro atoms. The lowest BCUT2D eigenvalue weighted by atomic mass is 9.96. The number of benzene rings is 2. The SMILES string of the molecule is Cc1cc(C)c([C@@H](C)NC(=O)CN(Cc2ccc(F)cc2)S(C)(=O)=O)cc1C. The van der Waals surface area contributed by atoms with E-state index in [1.54, 1.807) is 0 Å². The quantitative estimate of drug-likeness (QED) is 0.766. The van der Waals surface area contributed by atoms with Crippen LogP contribution in [0, 0.1) is 26.6 Å². The van der Waals surface area contributed by atoms with Gasteiger partial charge in [-0.3, -0.25) is 4.79 Å². The molecular weight excluding hydrogens is 379 g/mol. The van der Waals surface area contributed by atoms with E-state index in [9.17, 15) is 17.6 Å². The lowest BCUT2D eigenvalue weighted by molar-refractivity contribution is -0.122. The van der Waals surface area contributed by atoms with E-state index in [4.69, 9.17) is 0 Å². The Morgan fingerprint density at radius 2 is 1.64 bits per heavy atom. The van der Waals surface area contributed by atoms with Crippen molar-refractivity contribution in [1.82, 2.24) is 9.62 Å². The van der Waals surface area contributed by atoms with Crippen molar-refractivity contribution >= 4 is 15.9 Å². The summed E-state index contributed by atoms with van der Waals surface area (Å²) in [5.74, 6) is -0.789. The first-order chi connectivity index (χ1) is 13.0. The number of sulfonamides is 1. The largest absolute Gasteiger partial charge is 0.348 e. The number of carbonyl (C=O) groups is 1. The molecule has 1 amide bonds. The van der Waals surface area contributed by atoms with Gasteiger partial charge in [-0.05, 0) is 67.6 Å². The summed E-state index contributed by atoms with van der Waals surface area (Å²) in [6.07, 6.45) is 1.06. The maximum Gasteiger partial charge on any atom is 0.235 e. The van der Waals surface area contributed by atoms with Crippen LogP contribution in [-0.4, -0.2) is 31.4 Å². The molecule has 0 saturated carbocycles. The van der Waals surface area contributed by atoms with Crippen molar-refractivity contribution in [2.45, 2.75) is 40.3 Å². The summed E-state index contributed by atoms with van der Waals surface area (Å²) in [7, 11) is -3.61. The number of aryl methyl sites for hydroxylation is 3. The van der Waals surface area contributed by atoms with Gasteiger partial charge in [0.15, 0.2) is 0 Å². The van der Waals surface area contributed by atoms with Crippen LogP contribution in [0.2, 0.25) is 0 Å². The minimum atomic E-state index is -3.61. The zero-order chi connectivity index (χ0) is 21.1. The van der Waals surface area contributed by atoms with Gasteiger partial charge in [-0.25, -0.2) is 12.8 Å². The maximum atomic E-state index is 13.1. The molecule has 0 heterocycles. The Morgan fingerprint density at radius 3 is 2.21 bits per heavy atom. The fourth-order valence-electron chi connectivity index (χ4n) is 3.06. The number of halogens is 1. The molecule has 0 fully saturated rings. The maximum absolute atomic E-state index is 13.1. The minimum absolute atomic E-state index is 0.00355. The highest BCUT2D eigenvalue weighted by Crippen LogP contribution is 2.21. The number of hydrogen-bond acceptors (Lipinski definition) is 3. The molecule has 0 unspecified atom stereocenters. The van der Waals surface area contributed by atoms with Crippen LogP contribution in [0.15, 0.2) is 36.4 Å². The highest BCUT2D eigenvalue weighted by Gasteiger charge is 2.22. The third-order valence-corrected chi connectivity index (χ3v) is 5.98. The summed E-state index contributed by atoms with van der Waals surface area (Å²) in [6, 6.07) is 9.41. The van der Waals surface area contributed by atoms with Crippen molar-refractivity contribution in [3.8, 4) is 0 Å². The molecule has 2 aromatic rings. The number of nitrogens with one attached hydrogen (secondary N) is 1. The Bertz CT molecular complexity index is 956. The van der Waals surface area contributed by atoms with Crippen LogP contribution in [0.4, 0.5) is 4.39 Å². The van der Waals surface area contributed by atoms with Gasteiger partial charge in [0.25, 0.3) is 0 Å². The van der Waals surface area contributed by atoms with E-state index >= 15 is 0 Å². The molecule has 28 heavy (non-hydrogen) atoms. The number of amides is 1. The van der Waals surface area contributed by atoms with E-state index in [0.717, 1.165) is 27.3 Å². The van der Waals surface area contributed by atoms with Crippen molar-refractivity contribution in [3.05, 3.63) is 70.0 Å². The fraction of sp³-hybridized carbons (Fsp3) is 0.381. The molecule has 1 atom stereocenters. The predicted molar refractivity (Wildman–Crippen MR) is 109 cm³/mol. The van der Waals surface area contributed by atoms with Crippen LogP contribution in [0.3, 0.4) is 0 Å². The first-order valence-electron chi connectivity index (χ1n) is 9.04. The lowest BCUT2D eigenvalue weighted by Crippen LogP contribution is -2.40. The van der Waals surface area contributed by atoms with E-state index in [1.165, 1.54) is 29.8 Å². The molecule has 0 aromatic heterocycles. The van der Waals surface area contributed by atoms with Crippen molar-refractivity contribution in [3.63, 3.8) is 0 Å². The van der Waals surface area contributed by atoms with Crippen molar-refractivity contribution in [1.29, 1.82) is 0 Å². The van der Waals surface area contributed by atoms with Gasteiger partial charge in [-0.1, -0.05) is 24.3 Å². The Kier molecular flexibility index (Phi) is 6.96. The molecule has 152 valence electrons. The molecule has 0 aliphatic carbocycles. The van der Waals surface area contributed by atoms with Crippen LogP contribution >= 0.6 is 0 Å². The van der Waals surface area contributed by atoms with Crippen LogP contribution in [0.5, 0.6) is 0 Å². The Hall–Kier alpha value is -2.25. The Morgan fingerprint density at radius 1 is 1.07 bits per heavy atom. The van der Waals surface area contributed by atoms with Gasteiger partial charge in [0.2, 0.25) is 15.9 Å². The highest BCUT2D eigenvalue weighted by atomic mass is 32.2. The van der Waals surface area contributed by atoms with Gasteiger partial charge in [0.1, 0.15) is 5.82 Å². The smallest absolute Gasteiger partial charge is 0.235 e. The molecule has 0 saturated heterocycles. The normalized spacial score (nSPS) is 12.8. The highest BCUT2D eigenvalue weighted by molar-refractivity contribution is 7.88. The number of carbonyl (C=O) groups excluding carboxylic acids is 1. The van der Waals surface area contributed by atoms with Crippen LogP contribution in [0.1, 0.15) is 40.8 Å².